The van der Waals surface area contributed by atoms with Crippen molar-refractivity contribution in [2.24, 2.45) is 0 Å². The van der Waals surface area contributed by atoms with E-state index in [1.807, 2.05) is 0 Å². The molecule has 506 valence electrons. The summed E-state index contributed by atoms with van der Waals surface area (Å²) in [5, 5.41) is 23.4. The lowest BCUT2D eigenvalue weighted by Gasteiger charge is -2.22. The Kier molecular flexibility index (Phi) is 73.4. The molecule has 86 heavy (non-hydrogen) atoms. The number of esters is 1. The molecule has 0 spiro atoms. The molecule has 0 aliphatic carbocycles. The van der Waals surface area contributed by atoms with Gasteiger partial charge in [-0.1, -0.05) is 371 Å². The van der Waals surface area contributed by atoms with E-state index < -0.39 is 12.1 Å². The molecule has 0 radical (unpaired) electrons. The third-order valence-corrected chi connectivity index (χ3v) is 18.1. The van der Waals surface area contributed by atoms with Crippen molar-refractivity contribution < 1.29 is 24.5 Å². The fraction of sp³-hybridized carbons (Fsp3) is 0.875. The maximum Gasteiger partial charge on any atom is 0.305 e. The summed E-state index contributed by atoms with van der Waals surface area (Å²) in [4.78, 5) is 24.7. The minimum atomic E-state index is -0.664. The highest BCUT2D eigenvalue weighted by Crippen LogP contribution is 2.19. The van der Waals surface area contributed by atoms with Gasteiger partial charge in [0.1, 0.15) is 0 Å². The Morgan fingerprint density at radius 2 is 0.581 bits per heavy atom. The standard InChI is InChI=1S/C80H151NO5/c1-3-5-7-9-11-13-15-17-19-21-37-42-46-50-54-58-62-66-70-74-80(85)86-75-71-67-63-59-55-51-47-43-39-36-34-32-30-28-26-24-22-23-25-27-29-31-33-35-38-41-45-49-53-57-61-65-69-73-79(84)81-77(76-82)78(83)72-68-64-60-56-52-48-44-40-20-18-16-14-12-10-8-6-4-2/h11,13,17,19,26,28,32,34,77-78,82-83H,3-10,12,14-16,18,20-25,27,29-31,33,35-76H2,1-2H3,(H,81,84)/b13-11-,19-17-,28-26-,34-32-. The first-order chi connectivity index (χ1) is 42.5. The highest BCUT2D eigenvalue weighted by Gasteiger charge is 2.20. The van der Waals surface area contributed by atoms with Gasteiger partial charge in [0.2, 0.25) is 5.91 Å². The van der Waals surface area contributed by atoms with Crippen LogP contribution in [0.5, 0.6) is 0 Å². The van der Waals surface area contributed by atoms with Crippen LogP contribution in [0.15, 0.2) is 48.6 Å². The minimum absolute atomic E-state index is 0.0108. The second kappa shape index (κ2) is 75.3. The number of unbranched alkanes of at least 4 members (excludes halogenated alkanes) is 54. The maximum atomic E-state index is 12.5. The van der Waals surface area contributed by atoms with Crippen molar-refractivity contribution in [3.63, 3.8) is 0 Å². The van der Waals surface area contributed by atoms with E-state index >= 15 is 0 Å². The van der Waals surface area contributed by atoms with Gasteiger partial charge in [0.25, 0.3) is 0 Å². The Bertz CT molecular complexity index is 1440. The number of aliphatic hydroxyl groups excluding tert-OH is 2. The van der Waals surface area contributed by atoms with Gasteiger partial charge in [-0.15, -0.1) is 0 Å². The van der Waals surface area contributed by atoms with Crippen LogP contribution in [0.3, 0.4) is 0 Å². The fourth-order valence-corrected chi connectivity index (χ4v) is 12.2. The molecule has 0 aromatic carbocycles. The van der Waals surface area contributed by atoms with Crippen molar-refractivity contribution in [2.45, 2.75) is 437 Å². The highest BCUT2D eigenvalue weighted by molar-refractivity contribution is 5.76. The summed E-state index contributed by atoms with van der Waals surface area (Å²) in [5.41, 5.74) is 0. The number of hydrogen-bond acceptors (Lipinski definition) is 5. The van der Waals surface area contributed by atoms with Crippen molar-refractivity contribution in [1.29, 1.82) is 0 Å². The zero-order chi connectivity index (χ0) is 62.0. The molecule has 0 aromatic heterocycles. The van der Waals surface area contributed by atoms with E-state index in [0.717, 1.165) is 57.8 Å². The molecule has 0 bridgehead atoms. The molecule has 0 fully saturated rings. The summed E-state index contributed by atoms with van der Waals surface area (Å²) in [6, 6.07) is -0.541. The van der Waals surface area contributed by atoms with Crippen molar-refractivity contribution >= 4 is 11.9 Å². The molecular weight excluding hydrogens is 1050 g/mol. The van der Waals surface area contributed by atoms with E-state index in [9.17, 15) is 19.8 Å². The average molecular weight is 1210 g/mol. The van der Waals surface area contributed by atoms with Gasteiger partial charge in [-0.25, -0.2) is 0 Å². The van der Waals surface area contributed by atoms with Crippen LogP contribution in [0.1, 0.15) is 425 Å². The van der Waals surface area contributed by atoms with Crippen LogP contribution in [0, 0.1) is 0 Å². The number of nitrogens with one attached hydrogen (secondary N) is 1. The summed E-state index contributed by atoms with van der Waals surface area (Å²) in [6.07, 6.45) is 99.0. The van der Waals surface area contributed by atoms with Crippen LogP contribution >= 0.6 is 0 Å². The lowest BCUT2D eigenvalue weighted by molar-refractivity contribution is -0.143. The topological polar surface area (TPSA) is 95.9 Å². The molecule has 6 heteroatoms. The van der Waals surface area contributed by atoms with Gasteiger partial charge < -0.3 is 20.3 Å². The highest BCUT2D eigenvalue weighted by atomic mass is 16.5. The molecule has 0 aliphatic heterocycles. The first-order valence-corrected chi connectivity index (χ1v) is 38.9. The Labute approximate surface area is 537 Å². The molecule has 0 saturated carbocycles. The number of hydrogen-bond donors (Lipinski definition) is 3. The zero-order valence-electron chi connectivity index (χ0n) is 58.1. The van der Waals surface area contributed by atoms with Crippen LogP contribution in [-0.4, -0.2) is 47.4 Å². The van der Waals surface area contributed by atoms with Crippen molar-refractivity contribution in [1.82, 2.24) is 5.32 Å². The van der Waals surface area contributed by atoms with E-state index in [1.54, 1.807) is 0 Å². The molecule has 3 N–H and O–H groups in total. The van der Waals surface area contributed by atoms with Gasteiger partial charge in [-0.05, 0) is 89.9 Å². The SMILES string of the molecule is CCCCC/C=C\C/C=C\CCCCCCCCCCCC(=O)OCCCCCCCCCCC/C=C\C/C=C\CCCCCCCCCCCCCCCCCCCC(=O)NC(CO)C(O)CCCCCCCCCCCCCCCCCCC. The van der Waals surface area contributed by atoms with Crippen LogP contribution in [0.4, 0.5) is 0 Å². The third-order valence-electron chi connectivity index (χ3n) is 18.1. The Hall–Kier alpha value is -2.18. The number of carbonyl (C=O) groups is 2. The minimum Gasteiger partial charge on any atom is -0.466 e. The van der Waals surface area contributed by atoms with E-state index in [0.29, 0.717) is 25.9 Å². The largest absolute Gasteiger partial charge is 0.466 e. The molecule has 0 rings (SSSR count). The summed E-state index contributed by atoms with van der Waals surface area (Å²) >= 11 is 0. The van der Waals surface area contributed by atoms with Gasteiger partial charge >= 0.3 is 5.97 Å². The van der Waals surface area contributed by atoms with Crippen LogP contribution in [0.25, 0.3) is 0 Å². The summed E-state index contributed by atoms with van der Waals surface area (Å²) in [7, 11) is 0. The monoisotopic (exact) mass is 1210 g/mol. The van der Waals surface area contributed by atoms with Gasteiger partial charge in [0, 0.05) is 12.8 Å². The number of allylic oxidation sites excluding steroid dienone is 8. The first-order valence-electron chi connectivity index (χ1n) is 38.9. The van der Waals surface area contributed by atoms with E-state index in [2.05, 4.69) is 67.8 Å². The Morgan fingerprint density at radius 3 is 0.907 bits per heavy atom. The predicted octanol–water partition coefficient (Wildman–Crippen LogP) is 25.6. The Balaban J connectivity index is 3.37. The summed E-state index contributed by atoms with van der Waals surface area (Å²) in [5.74, 6) is -0.0188. The molecule has 0 heterocycles. The number of aliphatic hydroxyl groups is 2. The number of rotatable bonds is 73. The second-order valence-corrected chi connectivity index (χ2v) is 26.7. The molecule has 0 saturated heterocycles. The number of amides is 1. The van der Waals surface area contributed by atoms with E-state index in [4.69, 9.17) is 4.74 Å². The molecular formula is C80H151NO5. The molecule has 0 aliphatic rings. The lowest BCUT2D eigenvalue weighted by atomic mass is 10.0. The molecule has 2 unspecified atom stereocenters. The fourth-order valence-electron chi connectivity index (χ4n) is 12.2. The number of ether oxygens (including phenoxy) is 1. The molecule has 6 nitrogen and oxygen atoms in total. The van der Waals surface area contributed by atoms with Crippen molar-refractivity contribution in [2.75, 3.05) is 13.2 Å². The normalized spacial score (nSPS) is 12.7. The van der Waals surface area contributed by atoms with Crippen LogP contribution in [0.2, 0.25) is 0 Å². The van der Waals surface area contributed by atoms with Gasteiger partial charge in [0.15, 0.2) is 0 Å². The predicted molar refractivity (Wildman–Crippen MR) is 379 cm³/mol. The first kappa shape index (κ1) is 83.8. The molecule has 1 amide bonds. The van der Waals surface area contributed by atoms with Crippen LogP contribution < -0.4 is 5.32 Å². The molecule has 0 aromatic rings. The summed E-state index contributed by atoms with van der Waals surface area (Å²) in [6.45, 7) is 4.96. The van der Waals surface area contributed by atoms with Gasteiger partial charge in [-0.2, -0.15) is 0 Å². The number of carbonyl (C=O) groups excluding carboxylic acids is 2. The van der Waals surface area contributed by atoms with Crippen molar-refractivity contribution in [3.8, 4) is 0 Å². The Morgan fingerprint density at radius 1 is 0.326 bits per heavy atom. The smallest absolute Gasteiger partial charge is 0.305 e. The lowest BCUT2D eigenvalue weighted by Crippen LogP contribution is -2.45. The van der Waals surface area contributed by atoms with Crippen LogP contribution in [-0.2, 0) is 14.3 Å². The third kappa shape index (κ3) is 70.9. The van der Waals surface area contributed by atoms with Crippen molar-refractivity contribution in [3.05, 3.63) is 48.6 Å². The van der Waals surface area contributed by atoms with Gasteiger partial charge in [-0.3, -0.25) is 9.59 Å². The van der Waals surface area contributed by atoms with E-state index in [-0.39, 0.29) is 18.5 Å². The van der Waals surface area contributed by atoms with E-state index in [1.165, 1.54) is 334 Å². The maximum absolute atomic E-state index is 12.5. The molecule has 2 atom stereocenters. The quantitative estimate of drug-likeness (QED) is 0.0320. The zero-order valence-corrected chi connectivity index (χ0v) is 58.1. The second-order valence-electron chi connectivity index (χ2n) is 26.7. The average Bonchev–Trinajstić information content (AvgIpc) is 3.59. The van der Waals surface area contributed by atoms with Gasteiger partial charge in [0.05, 0.1) is 25.4 Å². The summed E-state index contributed by atoms with van der Waals surface area (Å²) < 4.78 is 5.51.